The van der Waals surface area contributed by atoms with Gasteiger partial charge in [0.25, 0.3) is 5.91 Å². The van der Waals surface area contributed by atoms with Crippen molar-refractivity contribution in [2.24, 2.45) is 0 Å². The van der Waals surface area contributed by atoms with Gasteiger partial charge < -0.3 is 4.74 Å². The SMILES string of the molecule is CN1C(=O)[CH]COCC1=O. The van der Waals surface area contributed by atoms with Crippen LogP contribution in [0.5, 0.6) is 0 Å². The second kappa shape index (κ2) is 2.79. The maximum Gasteiger partial charge on any atom is 0.254 e. The van der Waals surface area contributed by atoms with Crippen LogP contribution in [-0.4, -0.2) is 37.0 Å². The molecule has 0 bridgehead atoms. The van der Waals surface area contributed by atoms with Gasteiger partial charge in [-0.05, 0) is 0 Å². The summed E-state index contributed by atoms with van der Waals surface area (Å²) in [7, 11) is 1.44. The summed E-state index contributed by atoms with van der Waals surface area (Å²) < 4.78 is 4.78. The monoisotopic (exact) mass is 142 g/mol. The molecule has 0 spiro atoms. The molecule has 0 aromatic rings. The second-order valence-corrected chi connectivity index (χ2v) is 2.01. The Morgan fingerprint density at radius 2 is 2.30 bits per heavy atom. The molecule has 10 heavy (non-hydrogen) atoms. The van der Waals surface area contributed by atoms with Crippen LogP contribution >= 0.6 is 0 Å². The molecule has 1 rings (SSSR count). The lowest BCUT2D eigenvalue weighted by molar-refractivity contribution is -0.141. The lowest BCUT2D eigenvalue weighted by Gasteiger charge is -2.08. The third-order valence-electron chi connectivity index (χ3n) is 1.31. The summed E-state index contributed by atoms with van der Waals surface area (Å²) in [5.41, 5.74) is 0. The van der Waals surface area contributed by atoms with Crippen molar-refractivity contribution in [3.8, 4) is 0 Å². The maximum absolute atomic E-state index is 10.8. The van der Waals surface area contributed by atoms with Crippen molar-refractivity contribution in [2.45, 2.75) is 0 Å². The number of hydrogen-bond acceptors (Lipinski definition) is 3. The third kappa shape index (κ3) is 1.33. The Kier molecular flexibility index (Phi) is 2.01. The van der Waals surface area contributed by atoms with E-state index in [1.807, 2.05) is 0 Å². The lowest BCUT2D eigenvalue weighted by Crippen LogP contribution is -2.33. The molecule has 1 saturated heterocycles. The highest BCUT2D eigenvalue weighted by molar-refractivity contribution is 6.00. The van der Waals surface area contributed by atoms with Gasteiger partial charge in [-0.3, -0.25) is 14.5 Å². The van der Waals surface area contributed by atoms with E-state index in [9.17, 15) is 9.59 Å². The first-order chi connectivity index (χ1) is 4.72. The molecule has 55 valence electrons. The highest BCUT2D eigenvalue weighted by atomic mass is 16.5. The van der Waals surface area contributed by atoms with Crippen molar-refractivity contribution in [3.05, 3.63) is 6.42 Å². The van der Waals surface area contributed by atoms with Crippen molar-refractivity contribution in [1.82, 2.24) is 4.90 Å². The number of amides is 2. The fraction of sp³-hybridized carbons (Fsp3) is 0.500. The van der Waals surface area contributed by atoms with E-state index in [2.05, 4.69) is 0 Å². The first-order valence-electron chi connectivity index (χ1n) is 2.93. The topological polar surface area (TPSA) is 46.6 Å². The summed E-state index contributed by atoms with van der Waals surface area (Å²) in [6.45, 7) is 0.230. The fourth-order valence-corrected chi connectivity index (χ4v) is 0.633. The molecule has 0 aliphatic carbocycles. The van der Waals surface area contributed by atoms with Crippen molar-refractivity contribution >= 4 is 11.8 Å². The fourth-order valence-electron chi connectivity index (χ4n) is 0.633. The summed E-state index contributed by atoms with van der Waals surface area (Å²) >= 11 is 0. The van der Waals surface area contributed by atoms with Crippen LogP contribution in [0.4, 0.5) is 0 Å². The van der Waals surface area contributed by atoms with E-state index in [0.717, 1.165) is 4.90 Å². The summed E-state index contributed by atoms with van der Waals surface area (Å²) in [6, 6.07) is 0. The van der Waals surface area contributed by atoms with Gasteiger partial charge in [0, 0.05) is 7.05 Å². The van der Waals surface area contributed by atoms with E-state index >= 15 is 0 Å². The zero-order valence-electron chi connectivity index (χ0n) is 5.66. The predicted octanol–water partition coefficient (Wildman–Crippen LogP) is -0.794. The smallest absolute Gasteiger partial charge is 0.254 e. The normalized spacial score (nSPS) is 21.1. The van der Waals surface area contributed by atoms with Crippen molar-refractivity contribution in [1.29, 1.82) is 0 Å². The van der Waals surface area contributed by atoms with Gasteiger partial charge in [-0.1, -0.05) is 0 Å². The van der Waals surface area contributed by atoms with E-state index < -0.39 is 0 Å². The van der Waals surface area contributed by atoms with Crippen LogP contribution in [-0.2, 0) is 14.3 Å². The van der Waals surface area contributed by atoms with E-state index in [1.165, 1.54) is 13.5 Å². The van der Waals surface area contributed by atoms with E-state index in [1.54, 1.807) is 0 Å². The van der Waals surface area contributed by atoms with Gasteiger partial charge in [0.15, 0.2) is 0 Å². The largest absolute Gasteiger partial charge is 0.371 e. The van der Waals surface area contributed by atoms with E-state index in [-0.39, 0.29) is 25.0 Å². The first kappa shape index (κ1) is 7.21. The molecule has 1 fully saturated rings. The van der Waals surface area contributed by atoms with Gasteiger partial charge in [-0.25, -0.2) is 0 Å². The third-order valence-corrected chi connectivity index (χ3v) is 1.31. The average Bonchev–Trinajstić information content (AvgIpc) is 2.04. The lowest BCUT2D eigenvalue weighted by atomic mass is 10.4. The minimum atomic E-state index is -0.293. The molecule has 0 unspecified atom stereocenters. The quantitative estimate of drug-likeness (QED) is 0.416. The number of ether oxygens (including phenoxy) is 1. The zero-order chi connectivity index (χ0) is 7.56. The summed E-state index contributed by atoms with van der Waals surface area (Å²) in [4.78, 5) is 22.6. The summed E-state index contributed by atoms with van der Waals surface area (Å²) in [5.74, 6) is -0.582. The van der Waals surface area contributed by atoms with Crippen LogP contribution < -0.4 is 0 Å². The first-order valence-corrected chi connectivity index (χ1v) is 2.93. The molecule has 1 heterocycles. The number of likely N-dealkylation sites (N-methyl/N-ethyl adjacent to an activating group) is 1. The van der Waals surface area contributed by atoms with Gasteiger partial charge in [0.2, 0.25) is 5.91 Å². The average molecular weight is 142 g/mol. The van der Waals surface area contributed by atoms with Gasteiger partial charge in [-0.15, -0.1) is 0 Å². The van der Waals surface area contributed by atoms with Crippen LogP contribution in [0.15, 0.2) is 0 Å². The summed E-state index contributed by atoms with van der Waals surface area (Å²) in [5, 5.41) is 0. The van der Waals surface area contributed by atoms with Gasteiger partial charge in [0.1, 0.15) is 6.61 Å². The van der Waals surface area contributed by atoms with Crippen molar-refractivity contribution in [3.63, 3.8) is 0 Å². The van der Waals surface area contributed by atoms with Crippen LogP contribution in [0.2, 0.25) is 0 Å². The maximum atomic E-state index is 10.8. The van der Waals surface area contributed by atoms with Crippen LogP contribution in [0.3, 0.4) is 0 Å². The van der Waals surface area contributed by atoms with Crippen molar-refractivity contribution in [2.75, 3.05) is 20.3 Å². The Labute approximate surface area is 58.8 Å². The Balaban J connectivity index is 2.64. The standard InChI is InChI=1S/C6H8NO3/c1-7-5(8)2-3-10-4-6(7)9/h2H,3-4H2,1H3. The molecule has 1 aliphatic rings. The molecular formula is C6H8NO3. The molecule has 2 amide bonds. The summed E-state index contributed by atoms with van der Waals surface area (Å²) in [6.07, 6.45) is 1.34. The van der Waals surface area contributed by atoms with Gasteiger partial charge >= 0.3 is 0 Å². The highest BCUT2D eigenvalue weighted by Crippen LogP contribution is 1.97. The Hall–Kier alpha value is -0.900. The Morgan fingerprint density at radius 1 is 1.60 bits per heavy atom. The van der Waals surface area contributed by atoms with Gasteiger partial charge in [-0.2, -0.15) is 0 Å². The van der Waals surface area contributed by atoms with Crippen molar-refractivity contribution < 1.29 is 14.3 Å². The predicted molar refractivity (Wildman–Crippen MR) is 32.9 cm³/mol. The number of hydrogen-bond donors (Lipinski definition) is 0. The van der Waals surface area contributed by atoms with E-state index in [4.69, 9.17) is 4.74 Å². The molecule has 0 N–H and O–H groups in total. The van der Waals surface area contributed by atoms with E-state index in [0.29, 0.717) is 0 Å². The second-order valence-electron chi connectivity index (χ2n) is 2.01. The number of carbonyl (C=O) groups excluding carboxylic acids is 2. The number of nitrogens with zero attached hydrogens (tertiary/aromatic N) is 1. The molecule has 0 saturated carbocycles. The number of rotatable bonds is 0. The molecule has 1 aliphatic heterocycles. The van der Waals surface area contributed by atoms with Crippen LogP contribution in [0, 0.1) is 6.42 Å². The molecule has 0 atom stereocenters. The molecular weight excluding hydrogens is 134 g/mol. The molecule has 4 nitrogen and oxygen atoms in total. The Bertz CT molecular complexity index is 148. The zero-order valence-corrected chi connectivity index (χ0v) is 5.66. The minimum Gasteiger partial charge on any atom is -0.371 e. The van der Waals surface area contributed by atoms with Crippen LogP contribution in [0.25, 0.3) is 0 Å². The van der Waals surface area contributed by atoms with Gasteiger partial charge in [0.05, 0.1) is 13.0 Å². The molecule has 0 aromatic carbocycles. The molecule has 0 aromatic heterocycles. The highest BCUT2D eigenvalue weighted by Gasteiger charge is 2.19. The molecule has 4 heteroatoms. The Morgan fingerprint density at radius 3 is 3.00 bits per heavy atom. The molecule has 1 radical (unpaired) electrons. The number of imide groups is 1. The van der Waals surface area contributed by atoms with Crippen LogP contribution in [0.1, 0.15) is 0 Å². The number of carbonyl (C=O) groups is 2. The minimum absolute atomic E-state index is 0.00125.